The number of halogens is 1. The summed E-state index contributed by atoms with van der Waals surface area (Å²) in [5.74, 6) is 0.787. The van der Waals surface area contributed by atoms with Gasteiger partial charge >= 0.3 is 0 Å². The fourth-order valence-corrected chi connectivity index (χ4v) is 4.29. The van der Waals surface area contributed by atoms with Crippen molar-refractivity contribution in [1.29, 1.82) is 0 Å². The van der Waals surface area contributed by atoms with E-state index in [2.05, 4.69) is 39.1 Å². The van der Waals surface area contributed by atoms with Gasteiger partial charge in [-0.15, -0.1) is 0 Å². The Kier molecular flexibility index (Phi) is 6.61. The molecule has 1 atom stereocenters. The molecule has 0 saturated carbocycles. The van der Waals surface area contributed by atoms with E-state index in [0.29, 0.717) is 5.56 Å². The number of nitrogens with zero attached hydrogens (tertiary/aromatic N) is 4. The van der Waals surface area contributed by atoms with Crippen molar-refractivity contribution in [3.05, 3.63) is 83.2 Å². The second-order valence-electron chi connectivity index (χ2n) is 8.71. The van der Waals surface area contributed by atoms with E-state index in [1.54, 1.807) is 25.2 Å². The number of aryl methyl sites for hydroxylation is 1. The third-order valence-corrected chi connectivity index (χ3v) is 6.02. The van der Waals surface area contributed by atoms with Crippen LogP contribution in [0, 0.1) is 12.7 Å². The molecule has 1 aliphatic rings. The third kappa shape index (κ3) is 5.02. The largest absolute Gasteiger partial charge is 0.345 e. The highest BCUT2D eigenvalue weighted by atomic mass is 19.1. The average Bonchev–Trinajstić information content (AvgIpc) is 2.79. The Balaban J connectivity index is 1.46. The molecule has 3 aromatic rings. The van der Waals surface area contributed by atoms with Crippen molar-refractivity contribution >= 4 is 5.91 Å². The van der Waals surface area contributed by atoms with Crippen molar-refractivity contribution in [2.75, 3.05) is 27.2 Å². The normalized spacial score (nSPS) is 16.7. The van der Waals surface area contributed by atoms with Crippen LogP contribution in [-0.2, 0) is 6.54 Å². The van der Waals surface area contributed by atoms with Crippen molar-refractivity contribution in [2.24, 2.45) is 0 Å². The van der Waals surface area contributed by atoms with Gasteiger partial charge in [-0.05, 0) is 61.2 Å². The quantitative estimate of drug-likeness (QED) is 0.588. The maximum absolute atomic E-state index is 13.3. The molecule has 32 heavy (non-hydrogen) atoms. The van der Waals surface area contributed by atoms with Crippen molar-refractivity contribution in [2.45, 2.75) is 32.2 Å². The molecule has 166 valence electrons. The van der Waals surface area contributed by atoms with Crippen molar-refractivity contribution in [1.82, 2.24) is 19.8 Å². The number of benzene rings is 2. The van der Waals surface area contributed by atoms with Crippen LogP contribution in [0.3, 0.4) is 0 Å². The van der Waals surface area contributed by atoms with E-state index in [-0.39, 0.29) is 17.6 Å². The molecule has 1 saturated heterocycles. The summed E-state index contributed by atoms with van der Waals surface area (Å²) in [4.78, 5) is 25.5. The van der Waals surface area contributed by atoms with E-state index in [1.807, 2.05) is 19.1 Å². The molecule has 0 bridgehead atoms. The Morgan fingerprint density at radius 2 is 1.94 bits per heavy atom. The molecule has 0 spiro atoms. The van der Waals surface area contributed by atoms with Crippen LogP contribution in [0.25, 0.3) is 11.1 Å². The zero-order valence-electron chi connectivity index (χ0n) is 18.9. The summed E-state index contributed by atoms with van der Waals surface area (Å²) < 4.78 is 13.3. The first-order chi connectivity index (χ1) is 15.4. The summed E-state index contributed by atoms with van der Waals surface area (Å²) in [7, 11) is 3.47. The van der Waals surface area contributed by atoms with E-state index in [4.69, 9.17) is 0 Å². The molecular formula is C26H29FN4O. The minimum Gasteiger partial charge on any atom is -0.345 e. The summed E-state index contributed by atoms with van der Waals surface area (Å²) in [5.41, 5.74) is 4.63. The summed E-state index contributed by atoms with van der Waals surface area (Å²) in [5, 5.41) is 0. The molecule has 1 aromatic heterocycles. The maximum Gasteiger partial charge on any atom is 0.256 e. The van der Waals surface area contributed by atoms with Gasteiger partial charge in [0.1, 0.15) is 11.6 Å². The number of piperidine rings is 1. The lowest BCUT2D eigenvalue weighted by Gasteiger charge is -2.32. The summed E-state index contributed by atoms with van der Waals surface area (Å²) in [6.07, 6.45) is 3.81. The zero-order valence-corrected chi connectivity index (χ0v) is 18.9. The van der Waals surface area contributed by atoms with Crippen LogP contribution in [0.4, 0.5) is 4.39 Å². The monoisotopic (exact) mass is 432 g/mol. The molecule has 0 unspecified atom stereocenters. The van der Waals surface area contributed by atoms with E-state index >= 15 is 0 Å². The summed E-state index contributed by atoms with van der Waals surface area (Å²) in [6.45, 7) is 4.65. The van der Waals surface area contributed by atoms with Gasteiger partial charge in [-0.1, -0.05) is 30.3 Å². The third-order valence-electron chi connectivity index (χ3n) is 6.02. The van der Waals surface area contributed by atoms with Crippen LogP contribution >= 0.6 is 0 Å². The number of amides is 1. The smallest absolute Gasteiger partial charge is 0.256 e. The molecule has 1 aliphatic heterocycles. The Bertz CT molecular complexity index is 1100. The van der Waals surface area contributed by atoms with Crippen LogP contribution in [0.5, 0.6) is 0 Å². The molecular weight excluding hydrogens is 403 g/mol. The first kappa shape index (κ1) is 22.1. The van der Waals surface area contributed by atoms with E-state index in [1.165, 1.54) is 17.7 Å². The Morgan fingerprint density at radius 1 is 1.16 bits per heavy atom. The van der Waals surface area contributed by atoms with Gasteiger partial charge in [0.25, 0.3) is 5.91 Å². The molecule has 0 radical (unpaired) electrons. The zero-order chi connectivity index (χ0) is 22.7. The number of carbonyl (C=O) groups excluding carboxylic acids is 1. The number of hydrogen-bond acceptors (Lipinski definition) is 4. The average molecular weight is 433 g/mol. The summed E-state index contributed by atoms with van der Waals surface area (Å²) >= 11 is 0. The fourth-order valence-electron chi connectivity index (χ4n) is 4.29. The first-order valence-electron chi connectivity index (χ1n) is 11.0. The predicted molar refractivity (Wildman–Crippen MR) is 124 cm³/mol. The number of likely N-dealkylation sites (tertiary alicyclic amines) is 1. The number of aromatic nitrogens is 2. The maximum atomic E-state index is 13.3. The van der Waals surface area contributed by atoms with Crippen LogP contribution in [0.15, 0.2) is 54.7 Å². The minimum atomic E-state index is -0.221. The van der Waals surface area contributed by atoms with Crippen molar-refractivity contribution < 1.29 is 9.18 Å². The van der Waals surface area contributed by atoms with Gasteiger partial charge in [-0.2, -0.15) is 0 Å². The lowest BCUT2D eigenvalue weighted by molar-refractivity contribution is 0.0825. The van der Waals surface area contributed by atoms with Gasteiger partial charge in [0.05, 0.1) is 11.3 Å². The highest BCUT2D eigenvalue weighted by molar-refractivity contribution is 5.94. The van der Waals surface area contributed by atoms with Gasteiger partial charge in [0.2, 0.25) is 0 Å². The number of rotatable bonds is 5. The van der Waals surface area contributed by atoms with E-state index in [9.17, 15) is 9.18 Å². The molecule has 0 aliphatic carbocycles. The van der Waals surface area contributed by atoms with Gasteiger partial charge in [-0.3, -0.25) is 9.69 Å². The highest BCUT2D eigenvalue weighted by Crippen LogP contribution is 2.27. The molecule has 1 amide bonds. The van der Waals surface area contributed by atoms with Crippen molar-refractivity contribution in [3.63, 3.8) is 0 Å². The Morgan fingerprint density at radius 3 is 2.66 bits per heavy atom. The molecule has 2 aromatic carbocycles. The second-order valence-corrected chi connectivity index (χ2v) is 8.71. The summed E-state index contributed by atoms with van der Waals surface area (Å²) in [6, 6.07) is 15.1. The highest BCUT2D eigenvalue weighted by Gasteiger charge is 2.25. The topological polar surface area (TPSA) is 49.3 Å². The lowest BCUT2D eigenvalue weighted by Crippen LogP contribution is -2.34. The lowest BCUT2D eigenvalue weighted by atomic mass is 9.96. The minimum absolute atomic E-state index is 0.0691. The Labute approximate surface area is 188 Å². The Hall–Kier alpha value is -3.12. The number of hydrogen-bond donors (Lipinski definition) is 0. The van der Waals surface area contributed by atoms with Gasteiger partial charge in [0.15, 0.2) is 0 Å². The van der Waals surface area contributed by atoms with Gasteiger partial charge in [0, 0.05) is 39.3 Å². The second kappa shape index (κ2) is 9.57. The SMILES string of the molecule is Cc1nc([C@@H]2CCCN(Cc3cccc(-c4ccc(F)cc4)c3)C2)ncc1C(=O)N(C)C. The van der Waals surface area contributed by atoms with Crippen LogP contribution < -0.4 is 0 Å². The molecule has 4 rings (SSSR count). The van der Waals surface area contributed by atoms with Crippen LogP contribution in [0.2, 0.25) is 0 Å². The van der Waals surface area contributed by atoms with Crippen LogP contribution in [0.1, 0.15) is 46.2 Å². The van der Waals surface area contributed by atoms with Gasteiger partial charge < -0.3 is 4.90 Å². The predicted octanol–water partition coefficient (Wildman–Crippen LogP) is 4.67. The standard InChI is InChI=1S/C26H29FN4O/c1-18-24(26(32)30(2)3)15-28-25(29-18)22-8-5-13-31(17-22)16-19-6-4-7-21(14-19)20-9-11-23(27)12-10-20/h4,6-7,9-12,14-15,22H,5,8,13,16-17H2,1-3H3/t22-/m1/s1. The molecule has 0 N–H and O–H groups in total. The molecule has 5 nitrogen and oxygen atoms in total. The van der Waals surface area contributed by atoms with Crippen LogP contribution in [-0.4, -0.2) is 52.9 Å². The van der Waals surface area contributed by atoms with Gasteiger partial charge in [-0.25, -0.2) is 14.4 Å². The molecule has 1 fully saturated rings. The first-order valence-corrected chi connectivity index (χ1v) is 11.0. The molecule has 6 heteroatoms. The van der Waals surface area contributed by atoms with E-state index in [0.717, 1.165) is 55.1 Å². The van der Waals surface area contributed by atoms with Crippen molar-refractivity contribution in [3.8, 4) is 11.1 Å². The van der Waals surface area contributed by atoms with E-state index < -0.39 is 0 Å². The molecule has 2 heterocycles. The number of carbonyl (C=O) groups is 1. The fraction of sp³-hybridized carbons (Fsp3) is 0.346.